The van der Waals surface area contributed by atoms with Crippen LogP contribution in [0.25, 0.3) is 93.6 Å². The van der Waals surface area contributed by atoms with E-state index in [1.165, 1.54) is 149 Å². The largest absolute Gasteiger partial charge is 0.310 e. The summed E-state index contributed by atoms with van der Waals surface area (Å²) in [6.45, 7) is 40.9. The maximum Gasteiger partial charge on any atom is 0.252 e. The minimum absolute atomic E-state index is 0.0298. The summed E-state index contributed by atoms with van der Waals surface area (Å²) >= 11 is 0. The van der Waals surface area contributed by atoms with Gasteiger partial charge in [0.15, 0.2) is 8.07 Å². The van der Waals surface area contributed by atoms with Crippen molar-refractivity contribution in [3.63, 3.8) is 0 Å². The van der Waals surface area contributed by atoms with Gasteiger partial charge in [-0.3, -0.25) is 0 Å². The molecule has 1 spiro atoms. The van der Waals surface area contributed by atoms with E-state index in [2.05, 4.69) is 271 Å². The third kappa shape index (κ3) is 6.43. The van der Waals surface area contributed by atoms with Crippen molar-refractivity contribution in [3.8, 4) is 28.2 Å². The highest BCUT2D eigenvalue weighted by Crippen LogP contribution is 2.50. The molecule has 7 heterocycles. The van der Waals surface area contributed by atoms with Gasteiger partial charge in [-0.25, -0.2) is 0 Å². The summed E-state index contributed by atoms with van der Waals surface area (Å²) in [6, 6.07) is 57.9. The third-order valence-electron chi connectivity index (χ3n) is 20.7. The zero-order chi connectivity index (χ0) is 57.8. The molecule has 0 saturated carbocycles. The van der Waals surface area contributed by atoms with Gasteiger partial charge in [0.1, 0.15) is 0 Å². The van der Waals surface area contributed by atoms with Crippen molar-refractivity contribution in [2.45, 2.75) is 158 Å². The summed E-state index contributed by atoms with van der Waals surface area (Å²) in [7, 11) is -3.12. The number of hydrogen-bond donors (Lipinski definition) is 0. The molecule has 9 aromatic carbocycles. The van der Waals surface area contributed by atoms with E-state index in [1.54, 1.807) is 20.7 Å². The number of hydrogen-bond acceptors (Lipinski definition) is 0. The topological polar surface area (TPSA) is 14.8 Å². The predicted molar refractivity (Wildman–Crippen MR) is 363 cm³/mol. The molecular weight excluding hydrogens is 1020 g/mol. The second-order valence-corrected chi connectivity index (χ2v) is 33.7. The van der Waals surface area contributed by atoms with Crippen molar-refractivity contribution in [1.82, 2.24) is 13.7 Å². The van der Waals surface area contributed by atoms with E-state index in [0.717, 1.165) is 0 Å². The fraction of sp³-hybridized carbons (Fsp3) is 0.308. The van der Waals surface area contributed by atoms with Crippen molar-refractivity contribution in [3.05, 3.63) is 178 Å². The molecule has 0 bridgehead atoms. The summed E-state index contributed by atoms with van der Waals surface area (Å²) in [5.41, 5.74) is 28.9. The molecule has 0 aliphatic carbocycles. The maximum atomic E-state index is 2.86. The Morgan fingerprint density at radius 2 is 0.880 bits per heavy atom. The number of benzene rings is 9. The molecule has 4 aliphatic rings. The summed E-state index contributed by atoms with van der Waals surface area (Å²) < 4.78 is 8.35. The van der Waals surface area contributed by atoms with Crippen molar-refractivity contribution in [2.24, 2.45) is 0 Å². The van der Waals surface area contributed by atoms with E-state index in [1.807, 2.05) is 0 Å². The molecule has 5 heteroatoms. The van der Waals surface area contributed by atoms with Crippen LogP contribution in [-0.2, 0) is 16.2 Å². The van der Waals surface area contributed by atoms with Gasteiger partial charge in [-0.15, -0.1) is 0 Å². The SMILES string of the molecule is CC(C)c1ccc2c(c1)[Si]1(c3cc(C(C)C)ccc3-2)c2ccc3c4c2-n2c5c(cc(C(C)C)cc5c5cc(C(C)C)cc1c52)B4c1cc2c(c4ccccc4n2-c2c(C(C)(C)C)cc(C(C)(C)C)cc2C(C)(C)C)c2c4ccccc4n-3c12. The minimum atomic E-state index is -3.12. The van der Waals surface area contributed by atoms with Gasteiger partial charge in [-0.2, -0.15) is 0 Å². The van der Waals surface area contributed by atoms with Gasteiger partial charge >= 0.3 is 0 Å². The van der Waals surface area contributed by atoms with Crippen LogP contribution in [0, 0.1) is 0 Å². The van der Waals surface area contributed by atoms with Gasteiger partial charge in [-0.1, -0.05) is 221 Å². The Labute approximate surface area is 492 Å². The molecule has 3 aromatic heterocycles. The lowest BCUT2D eigenvalue weighted by molar-refractivity contribution is 0.545. The highest BCUT2D eigenvalue weighted by molar-refractivity contribution is 7.24. The smallest absolute Gasteiger partial charge is 0.252 e. The first kappa shape index (κ1) is 51.3. The highest BCUT2D eigenvalue weighted by atomic mass is 28.3. The normalized spacial score (nSPS) is 14.8. The number of rotatable bonds is 5. The first-order chi connectivity index (χ1) is 39.4. The van der Waals surface area contributed by atoms with E-state index in [-0.39, 0.29) is 23.0 Å². The fourth-order valence-corrected chi connectivity index (χ4v) is 22.1. The first-order valence-corrected chi connectivity index (χ1v) is 33.2. The van der Waals surface area contributed by atoms with Crippen LogP contribution in [0.2, 0.25) is 0 Å². The van der Waals surface area contributed by atoms with Crippen molar-refractivity contribution in [1.29, 1.82) is 0 Å². The zero-order valence-corrected chi connectivity index (χ0v) is 53.0. The van der Waals surface area contributed by atoms with Crippen LogP contribution >= 0.6 is 0 Å². The molecule has 0 unspecified atom stereocenters. The Hall–Kier alpha value is -7.34. The van der Waals surface area contributed by atoms with Crippen LogP contribution < -0.4 is 37.1 Å². The molecule has 0 N–H and O–H groups in total. The summed E-state index contributed by atoms with van der Waals surface area (Å²) in [4.78, 5) is 0. The molecule has 412 valence electrons. The highest BCUT2D eigenvalue weighted by Gasteiger charge is 2.57. The van der Waals surface area contributed by atoms with Crippen LogP contribution in [0.5, 0.6) is 0 Å². The predicted octanol–water partition coefficient (Wildman–Crippen LogP) is 16.2. The van der Waals surface area contributed by atoms with Gasteiger partial charge in [0.05, 0.1) is 33.3 Å². The average molecular weight is 1100 g/mol. The lowest BCUT2D eigenvalue weighted by Crippen LogP contribution is -2.77. The van der Waals surface area contributed by atoms with Crippen LogP contribution in [0.4, 0.5) is 0 Å². The number of para-hydroxylation sites is 2. The maximum absolute atomic E-state index is 3.12. The molecule has 16 rings (SSSR count). The van der Waals surface area contributed by atoms with Crippen molar-refractivity contribution in [2.75, 3.05) is 0 Å². The van der Waals surface area contributed by atoms with E-state index < -0.39 is 8.07 Å². The lowest BCUT2D eigenvalue weighted by atomic mass is 9.34. The van der Waals surface area contributed by atoms with Crippen LogP contribution in [0.15, 0.2) is 140 Å². The Bertz CT molecular complexity index is 4830. The van der Waals surface area contributed by atoms with Gasteiger partial charge in [0.25, 0.3) is 6.71 Å². The Kier molecular flexibility index (Phi) is 10.2. The Balaban J connectivity index is 1.15. The lowest BCUT2D eigenvalue weighted by Gasteiger charge is -2.43. The molecule has 4 aliphatic heterocycles. The zero-order valence-electron chi connectivity index (χ0n) is 52.0. The van der Waals surface area contributed by atoms with E-state index in [9.17, 15) is 0 Å². The molecule has 12 aromatic rings. The fourth-order valence-electron chi connectivity index (χ4n) is 16.5. The second-order valence-electron chi connectivity index (χ2n) is 30.1. The third-order valence-corrected chi connectivity index (χ3v) is 25.5. The molecule has 3 nitrogen and oxygen atoms in total. The quantitative estimate of drug-likeness (QED) is 0.153. The van der Waals surface area contributed by atoms with E-state index in [4.69, 9.17) is 0 Å². The van der Waals surface area contributed by atoms with Gasteiger partial charge in [0.2, 0.25) is 0 Å². The number of aromatic nitrogens is 3. The molecule has 83 heavy (non-hydrogen) atoms. The minimum Gasteiger partial charge on any atom is -0.310 e. The Morgan fingerprint density at radius 1 is 0.373 bits per heavy atom. The molecule has 0 radical (unpaired) electrons. The molecule has 0 amide bonds. The molecule has 0 fully saturated rings. The Morgan fingerprint density at radius 3 is 1.43 bits per heavy atom. The standard InChI is InChI=1S/C78H78BN3Si/c1-41(2)45-26-28-50-51-29-27-46(42(3)4)36-66(51)83(65(50)35-45)64-31-30-62-70-75(64)82-71-54(55-33-48(44(7)8)37-67(83)72(55)82)32-47(43(5)6)34-58(71)79(70)59-40-63-68(69-53-23-19-21-25-61(53)80(62)74(59)69)52-22-18-20-24-60(52)81(63)73-56(77(12,13)14)38-49(76(9,10)11)39-57(73)78(15,16)17/h18-44H,1-17H3. The summed E-state index contributed by atoms with van der Waals surface area (Å²) in [5, 5.41) is 14.4. The van der Waals surface area contributed by atoms with Crippen molar-refractivity contribution < 1.29 is 0 Å². The summed E-state index contributed by atoms with van der Waals surface area (Å²) in [6.07, 6.45) is 0. The summed E-state index contributed by atoms with van der Waals surface area (Å²) in [5.74, 6) is 1.47. The van der Waals surface area contributed by atoms with E-state index in [0.29, 0.717) is 23.7 Å². The second kappa shape index (κ2) is 16.5. The van der Waals surface area contributed by atoms with Gasteiger partial charge in [-0.05, 0) is 164 Å². The molecule has 0 saturated heterocycles. The molecule has 0 atom stereocenters. The monoisotopic (exact) mass is 1100 g/mol. The number of fused-ring (bicyclic) bond motifs is 18. The average Bonchev–Trinajstić information content (AvgIpc) is 1.55. The van der Waals surface area contributed by atoms with Gasteiger partial charge < -0.3 is 13.7 Å². The van der Waals surface area contributed by atoms with Gasteiger partial charge in [0, 0.05) is 49.2 Å². The van der Waals surface area contributed by atoms with E-state index >= 15 is 0 Å². The van der Waals surface area contributed by atoms with Crippen molar-refractivity contribution >= 4 is 117 Å². The van der Waals surface area contributed by atoms with Crippen LogP contribution in [-0.4, -0.2) is 28.5 Å². The van der Waals surface area contributed by atoms with Crippen LogP contribution in [0.3, 0.4) is 0 Å². The first-order valence-electron chi connectivity index (χ1n) is 31.2. The molecular formula is C78H78BN3Si. The van der Waals surface area contributed by atoms with Crippen LogP contribution in [0.1, 0.15) is 180 Å². The number of nitrogens with zero attached hydrogens (tertiary/aromatic N) is 3.